The first-order valence-corrected chi connectivity index (χ1v) is 5.16. The van der Waals surface area contributed by atoms with Crippen LogP contribution in [0.2, 0.25) is 0 Å². The van der Waals surface area contributed by atoms with Crippen molar-refractivity contribution in [2.45, 2.75) is 18.8 Å². The van der Waals surface area contributed by atoms with Crippen molar-refractivity contribution >= 4 is 5.69 Å². The summed E-state index contributed by atoms with van der Waals surface area (Å²) in [6.45, 7) is 1.24. The van der Waals surface area contributed by atoms with Crippen LogP contribution in [0.3, 0.4) is 0 Å². The van der Waals surface area contributed by atoms with Gasteiger partial charge in [0.25, 0.3) is 0 Å². The van der Waals surface area contributed by atoms with Crippen LogP contribution in [0.15, 0.2) is 24.3 Å². The first kappa shape index (κ1) is 7.43. The van der Waals surface area contributed by atoms with E-state index in [9.17, 15) is 0 Å². The highest BCUT2D eigenvalue weighted by Crippen LogP contribution is 2.48. The summed E-state index contributed by atoms with van der Waals surface area (Å²) >= 11 is 0. The molecule has 0 saturated heterocycles. The van der Waals surface area contributed by atoms with Crippen LogP contribution in [-0.2, 0) is 0 Å². The van der Waals surface area contributed by atoms with Crippen LogP contribution in [-0.4, -0.2) is 13.6 Å². The summed E-state index contributed by atoms with van der Waals surface area (Å²) < 4.78 is 0. The molecule has 0 amide bonds. The van der Waals surface area contributed by atoms with E-state index in [2.05, 4.69) is 36.2 Å². The van der Waals surface area contributed by atoms with Crippen molar-refractivity contribution in [1.29, 1.82) is 0 Å². The van der Waals surface area contributed by atoms with Crippen LogP contribution in [0.25, 0.3) is 0 Å². The minimum atomic E-state index is 0.834. The van der Waals surface area contributed by atoms with Gasteiger partial charge in [-0.25, -0.2) is 0 Å². The molecule has 1 fully saturated rings. The van der Waals surface area contributed by atoms with Gasteiger partial charge in [0.15, 0.2) is 0 Å². The van der Waals surface area contributed by atoms with Crippen LogP contribution in [0.1, 0.15) is 24.3 Å². The SMILES string of the molecule is CN1CC(C2CC2)c2ccccc21. The van der Waals surface area contributed by atoms with Gasteiger partial charge in [-0.3, -0.25) is 0 Å². The molecule has 3 rings (SSSR count). The number of hydrogen-bond donors (Lipinski definition) is 0. The second kappa shape index (κ2) is 2.50. The Labute approximate surface area is 79.4 Å². The third-order valence-corrected chi connectivity index (χ3v) is 3.41. The van der Waals surface area contributed by atoms with Gasteiger partial charge < -0.3 is 4.90 Å². The summed E-state index contributed by atoms with van der Waals surface area (Å²) in [6, 6.07) is 8.87. The zero-order valence-electron chi connectivity index (χ0n) is 8.03. The predicted molar refractivity (Wildman–Crippen MR) is 55.2 cm³/mol. The molecule has 1 nitrogen and oxygen atoms in total. The normalized spacial score (nSPS) is 26.2. The molecule has 1 aliphatic carbocycles. The van der Waals surface area contributed by atoms with E-state index in [-0.39, 0.29) is 0 Å². The van der Waals surface area contributed by atoms with E-state index in [1.54, 1.807) is 5.56 Å². The van der Waals surface area contributed by atoms with Crippen LogP contribution in [0, 0.1) is 5.92 Å². The first-order valence-electron chi connectivity index (χ1n) is 5.16. The van der Waals surface area contributed by atoms with Gasteiger partial charge in [0.05, 0.1) is 0 Å². The zero-order chi connectivity index (χ0) is 8.84. The molecule has 1 heteroatoms. The van der Waals surface area contributed by atoms with E-state index in [1.807, 2.05) is 0 Å². The van der Waals surface area contributed by atoms with Gasteiger partial charge in [-0.2, -0.15) is 0 Å². The number of likely N-dealkylation sites (N-methyl/N-ethyl adjacent to an activating group) is 1. The Hall–Kier alpha value is -0.980. The smallest absolute Gasteiger partial charge is 0.0399 e. The molecule has 0 aromatic heterocycles. The van der Waals surface area contributed by atoms with Crippen molar-refractivity contribution in [3.8, 4) is 0 Å². The summed E-state index contributed by atoms with van der Waals surface area (Å²) in [7, 11) is 2.21. The lowest BCUT2D eigenvalue weighted by atomic mass is 9.97. The van der Waals surface area contributed by atoms with Crippen molar-refractivity contribution in [3.05, 3.63) is 29.8 Å². The highest BCUT2D eigenvalue weighted by Gasteiger charge is 2.37. The highest BCUT2D eigenvalue weighted by atomic mass is 15.1. The number of hydrogen-bond acceptors (Lipinski definition) is 1. The van der Waals surface area contributed by atoms with E-state index in [0.717, 1.165) is 11.8 Å². The lowest BCUT2D eigenvalue weighted by Gasteiger charge is -2.11. The molecule has 1 saturated carbocycles. The third kappa shape index (κ3) is 1.06. The molecule has 1 aliphatic heterocycles. The number of rotatable bonds is 1. The molecule has 1 unspecified atom stereocenters. The number of fused-ring (bicyclic) bond motifs is 1. The molecule has 13 heavy (non-hydrogen) atoms. The van der Waals surface area contributed by atoms with Crippen molar-refractivity contribution in [2.75, 3.05) is 18.5 Å². The first-order chi connectivity index (χ1) is 6.36. The molecule has 1 aromatic rings. The van der Waals surface area contributed by atoms with E-state index < -0.39 is 0 Å². The average molecular weight is 173 g/mol. The average Bonchev–Trinajstić information content (AvgIpc) is 2.94. The van der Waals surface area contributed by atoms with Gasteiger partial charge in [-0.1, -0.05) is 18.2 Å². The Morgan fingerprint density at radius 3 is 2.77 bits per heavy atom. The van der Waals surface area contributed by atoms with Gasteiger partial charge in [0.1, 0.15) is 0 Å². The Morgan fingerprint density at radius 1 is 1.23 bits per heavy atom. The van der Waals surface area contributed by atoms with Crippen molar-refractivity contribution in [3.63, 3.8) is 0 Å². The fourth-order valence-electron chi connectivity index (χ4n) is 2.54. The fourth-order valence-corrected chi connectivity index (χ4v) is 2.54. The molecule has 0 radical (unpaired) electrons. The maximum Gasteiger partial charge on any atom is 0.0399 e. The lowest BCUT2D eigenvalue weighted by Crippen LogP contribution is -2.15. The second-order valence-electron chi connectivity index (χ2n) is 4.38. The van der Waals surface area contributed by atoms with Crippen LogP contribution >= 0.6 is 0 Å². The van der Waals surface area contributed by atoms with Gasteiger partial charge in [0.2, 0.25) is 0 Å². The van der Waals surface area contributed by atoms with Crippen molar-refractivity contribution in [1.82, 2.24) is 0 Å². The monoisotopic (exact) mass is 173 g/mol. The van der Waals surface area contributed by atoms with Gasteiger partial charge in [-0.05, 0) is 30.4 Å². The molecule has 2 aliphatic rings. The van der Waals surface area contributed by atoms with E-state index in [4.69, 9.17) is 0 Å². The number of para-hydroxylation sites is 1. The molecule has 1 heterocycles. The number of anilines is 1. The summed E-state index contributed by atoms with van der Waals surface area (Å²) in [5, 5.41) is 0. The lowest BCUT2D eigenvalue weighted by molar-refractivity contribution is 0.636. The summed E-state index contributed by atoms with van der Waals surface area (Å²) in [5.74, 6) is 1.83. The van der Waals surface area contributed by atoms with Crippen LogP contribution in [0.5, 0.6) is 0 Å². The molecule has 0 spiro atoms. The Balaban J connectivity index is 2.03. The fraction of sp³-hybridized carbons (Fsp3) is 0.500. The molecular formula is C12H15N. The molecule has 1 atom stereocenters. The van der Waals surface area contributed by atoms with Gasteiger partial charge in [0, 0.05) is 25.2 Å². The second-order valence-corrected chi connectivity index (χ2v) is 4.38. The van der Waals surface area contributed by atoms with Gasteiger partial charge >= 0.3 is 0 Å². The van der Waals surface area contributed by atoms with Gasteiger partial charge in [-0.15, -0.1) is 0 Å². The highest BCUT2D eigenvalue weighted by molar-refractivity contribution is 5.59. The van der Waals surface area contributed by atoms with Crippen molar-refractivity contribution in [2.24, 2.45) is 5.92 Å². The van der Waals surface area contributed by atoms with Crippen molar-refractivity contribution < 1.29 is 0 Å². The molecule has 68 valence electrons. The number of nitrogens with zero attached hydrogens (tertiary/aromatic N) is 1. The molecule has 1 aromatic carbocycles. The standard InChI is InChI=1S/C12H15N/c1-13-8-11(9-6-7-9)10-4-2-3-5-12(10)13/h2-5,9,11H,6-8H2,1H3. The Kier molecular flexibility index (Phi) is 1.43. The van der Waals surface area contributed by atoms with Crippen LogP contribution < -0.4 is 4.90 Å². The largest absolute Gasteiger partial charge is 0.374 e. The van der Waals surface area contributed by atoms with E-state index in [1.165, 1.54) is 25.1 Å². The van der Waals surface area contributed by atoms with Crippen LogP contribution in [0.4, 0.5) is 5.69 Å². The maximum absolute atomic E-state index is 2.40. The molecule has 0 N–H and O–H groups in total. The maximum atomic E-state index is 2.40. The predicted octanol–water partition coefficient (Wildman–Crippen LogP) is 2.63. The minimum absolute atomic E-state index is 0.834. The molecule has 0 bridgehead atoms. The molecular weight excluding hydrogens is 158 g/mol. The van der Waals surface area contributed by atoms with E-state index in [0.29, 0.717) is 0 Å². The topological polar surface area (TPSA) is 3.24 Å². The third-order valence-electron chi connectivity index (χ3n) is 3.41. The summed E-state index contributed by atoms with van der Waals surface area (Å²) in [4.78, 5) is 2.40. The number of benzene rings is 1. The summed E-state index contributed by atoms with van der Waals surface area (Å²) in [6.07, 6.45) is 2.90. The Bertz CT molecular complexity index is 328. The van der Waals surface area contributed by atoms with E-state index >= 15 is 0 Å². The quantitative estimate of drug-likeness (QED) is 0.631. The summed E-state index contributed by atoms with van der Waals surface area (Å²) in [5.41, 5.74) is 3.05. The zero-order valence-corrected chi connectivity index (χ0v) is 8.03. The Morgan fingerprint density at radius 2 is 2.00 bits per heavy atom. The minimum Gasteiger partial charge on any atom is -0.374 e.